The van der Waals surface area contributed by atoms with Crippen molar-refractivity contribution in [2.45, 2.75) is 39.2 Å². The molecule has 1 aromatic rings. The normalized spacial score (nSPS) is 21.2. The minimum Gasteiger partial charge on any atom is -0.378 e. The maximum atomic E-state index is 12.9. The van der Waals surface area contributed by atoms with E-state index in [0.29, 0.717) is 13.1 Å². The van der Waals surface area contributed by atoms with Gasteiger partial charge in [-0.15, -0.1) is 0 Å². The Hall–Kier alpha value is -1.59. The molecule has 2 aliphatic heterocycles. The fourth-order valence-corrected chi connectivity index (χ4v) is 3.68. The Morgan fingerprint density at radius 1 is 1.24 bits per heavy atom. The summed E-state index contributed by atoms with van der Waals surface area (Å²) >= 11 is 0. The van der Waals surface area contributed by atoms with Gasteiger partial charge in [0.2, 0.25) is 0 Å². The van der Waals surface area contributed by atoms with Crippen LogP contribution in [0.5, 0.6) is 0 Å². The highest BCUT2D eigenvalue weighted by atomic mass is 16.5. The summed E-state index contributed by atoms with van der Waals surface area (Å²) in [7, 11) is 0. The summed E-state index contributed by atoms with van der Waals surface area (Å²) < 4.78 is 11.2. The second kappa shape index (κ2) is 8.68. The van der Waals surface area contributed by atoms with Crippen LogP contribution in [-0.2, 0) is 9.47 Å². The number of anilines is 1. The van der Waals surface area contributed by atoms with Gasteiger partial charge in [0.1, 0.15) is 0 Å². The van der Waals surface area contributed by atoms with Gasteiger partial charge in [0, 0.05) is 44.0 Å². The number of hydrogen-bond acceptors (Lipinski definition) is 4. The molecule has 2 aliphatic rings. The molecule has 1 unspecified atom stereocenters. The Morgan fingerprint density at radius 3 is 2.68 bits per heavy atom. The van der Waals surface area contributed by atoms with E-state index in [4.69, 9.17) is 9.47 Å². The zero-order valence-electron chi connectivity index (χ0n) is 15.5. The molecule has 5 nitrogen and oxygen atoms in total. The van der Waals surface area contributed by atoms with Crippen molar-refractivity contribution in [2.75, 3.05) is 50.9 Å². The van der Waals surface area contributed by atoms with Crippen molar-refractivity contribution in [3.63, 3.8) is 0 Å². The molecule has 138 valence electrons. The van der Waals surface area contributed by atoms with Gasteiger partial charge in [-0.3, -0.25) is 4.79 Å². The minimum absolute atomic E-state index is 0.105. The van der Waals surface area contributed by atoms with Crippen LogP contribution in [0.25, 0.3) is 0 Å². The first kappa shape index (κ1) is 18.2. The van der Waals surface area contributed by atoms with E-state index in [-0.39, 0.29) is 12.0 Å². The van der Waals surface area contributed by atoms with Crippen LogP contribution in [-0.4, -0.2) is 62.9 Å². The van der Waals surface area contributed by atoms with Crippen molar-refractivity contribution >= 4 is 11.6 Å². The van der Waals surface area contributed by atoms with E-state index in [0.717, 1.165) is 56.9 Å². The summed E-state index contributed by atoms with van der Waals surface area (Å²) in [6, 6.07) is 6.07. The smallest absolute Gasteiger partial charge is 0.253 e. The molecule has 0 N–H and O–H groups in total. The molecule has 0 aromatic heterocycles. The summed E-state index contributed by atoms with van der Waals surface area (Å²) in [6.07, 6.45) is 3.58. The number of rotatable bonds is 5. The number of benzene rings is 1. The van der Waals surface area contributed by atoms with Crippen molar-refractivity contribution in [3.05, 3.63) is 29.3 Å². The Kier molecular flexibility index (Phi) is 6.32. The Labute approximate surface area is 150 Å². The van der Waals surface area contributed by atoms with Gasteiger partial charge >= 0.3 is 0 Å². The monoisotopic (exact) mass is 346 g/mol. The third-order valence-corrected chi connectivity index (χ3v) is 5.16. The molecule has 3 rings (SSSR count). The average molecular weight is 346 g/mol. The second-order valence-electron chi connectivity index (χ2n) is 6.93. The average Bonchev–Trinajstić information content (AvgIpc) is 2.67. The molecular weight excluding hydrogens is 316 g/mol. The van der Waals surface area contributed by atoms with Gasteiger partial charge in [-0.25, -0.2) is 0 Å². The Balaban J connectivity index is 1.68. The standard InChI is InChI=1S/C20H30N2O3/c1-3-21(15-18-6-4-5-11-25-18)20(23)17-7-8-19(16(2)14-17)22-9-12-24-13-10-22/h7-8,14,18H,3-6,9-13,15H2,1-2H3. The van der Waals surface area contributed by atoms with Gasteiger partial charge in [0.15, 0.2) is 0 Å². The highest BCUT2D eigenvalue weighted by Crippen LogP contribution is 2.23. The van der Waals surface area contributed by atoms with E-state index in [1.807, 2.05) is 24.0 Å². The molecule has 2 heterocycles. The first-order chi connectivity index (χ1) is 12.2. The molecule has 0 radical (unpaired) electrons. The van der Waals surface area contributed by atoms with Crippen LogP contribution in [0.4, 0.5) is 5.69 Å². The molecule has 25 heavy (non-hydrogen) atoms. The molecule has 1 aromatic carbocycles. The lowest BCUT2D eigenvalue weighted by atomic mass is 10.1. The minimum atomic E-state index is 0.105. The topological polar surface area (TPSA) is 42.0 Å². The number of ether oxygens (including phenoxy) is 2. The van der Waals surface area contributed by atoms with Gasteiger partial charge in [-0.1, -0.05) is 0 Å². The van der Waals surface area contributed by atoms with Crippen LogP contribution in [0.3, 0.4) is 0 Å². The molecule has 2 fully saturated rings. The Bertz CT molecular complexity index is 578. The Morgan fingerprint density at radius 2 is 2.04 bits per heavy atom. The third-order valence-electron chi connectivity index (χ3n) is 5.16. The predicted octanol–water partition coefficient (Wildman–Crippen LogP) is 2.86. The molecule has 0 spiro atoms. The summed E-state index contributed by atoms with van der Waals surface area (Å²) in [5.41, 5.74) is 3.13. The maximum absolute atomic E-state index is 12.9. The molecule has 1 atom stereocenters. The van der Waals surface area contributed by atoms with Gasteiger partial charge in [-0.05, 0) is 56.9 Å². The fraction of sp³-hybridized carbons (Fsp3) is 0.650. The van der Waals surface area contributed by atoms with E-state index in [1.54, 1.807) is 0 Å². The highest BCUT2D eigenvalue weighted by molar-refractivity contribution is 5.95. The van der Waals surface area contributed by atoms with Crippen LogP contribution in [0.2, 0.25) is 0 Å². The van der Waals surface area contributed by atoms with Gasteiger partial charge < -0.3 is 19.3 Å². The molecular formula is C20H30N2O3. The first-order valence-electron chi connectivity index (χ1n) is 9.53. The van der Waals surface area contributed by atoms with E-state index in [1.165, 1.54) is 12.1 Å². The van der Waals surface area contributed by atoms with Crippen molar-refractivity contribution in [2.24, 2.45) is 0 Å². The number of amides is 1. The zero-order valence-corrected chi connectivity index (χ0v) is 15.5. The van der Waals surface area contributed by atoms with Crippen molar-refractivity contribution < 1.29 is 14.3 Å². The van der Waals surface area contributed by atoms with E-state index < -0.39 is 0 Å². The summed E-state index contributed by atoms with van der Waals surface area (Å²) in [6.45, 7) is 9.71. The molecule has 2 saturated heterocycles. The number of carbonyl (C=O) groups excluding carboxylic acids is 1. The van der Waals surface area contributed by atoms with Crippen LogP contribution < -0.4 is 4.90 Å². The number of carbonyl (C=O) groups is 1. The fourth-order valence-electron chi connectivity index (χ4n) is 3.68. The van der Waals surface area contributed by atoms with Crippen LogP contribution in [0, 0.1) is 6.92 Å². The number of morpholine rings is 1. The number of nitrogens with zero attached hydrogens (tertiary/aromatic N) is 2. The quantitative estimate of drug-likeness (QED) is 0.822. The van der Waals surface area contributed by atoms with Crippen molar-refractivity contribution in [1.82, 2.24) is 4.90 Å². The van der Waals surface area contributed by atoms with E-state index in [2.05, 4.69) is 17.9 Å². The van der Waals surface area contributed by atoms with Gasteiger partial charge in [0.05, 0.1) is 19.3 Å². The highest BCUT2D eigenvalue weighted by Gasteiger charge is 2.22. The van der Waals surface area contributed by atoms with Crippen molar-refractivity contribution in [1.29, 1.82) is 0 Å². The SMILES string of the molecule is CCN(CC1CCCCO1)C(=O)c1ccc(N2CCOCC2)c(C)c1. The second-order valence-corrected chi connectivity index (χ2v) is 6.93. The van der Waals surface area contributed by atoms with Crippen LogP contribution in [0.1, 0.15) is 42.1 Å². The predicted molar refractivity (Wildman–Crippen MR) is 99.4 cm³/mol. The lowest BCUT2D eigenvalue weighted by molar-refractivity contribution is -0.00311. The molecule has 0 aliphatic carbocycles. The largest absolute Gasteiger partial charge is 0.378 e. The molecule has 5 heteroatoms. The maximum Gasteiger partial charge on any atom is 0.253 e. The van der Waals surface area contributed by atoms with E-state index >= 15 is 0 Å². The first-order valence-corrected chi connectivity index (χ1v) is 9.53. The molecule has 0 bridgehead atoms. The third kappa shape index (κ3) is 4.53. The lowest BCUT2D eigenvalue weighted by Crippen LogP contribution is -2.39. The van der Waals surface area contributed by atoms with Gasteiger partial charge in [-0.2, -0.15) is 0 Å². The van der Waals surface area contributed by atoms with Gasteiger partial charge in [0.25, 0.3) is 5.91 Å². The van der Waals surface area contributed by atoms with Crippen LogP contribution >= 0.6 is 0 Å². The van der Waals surface area contributed by atoms with Crippen molar-refractivity contribution in [3.8, 4) is 0 Å². The summed E-state index contributed by atoms with van der Waals surface area (Å²) in [5, 5.41) is 0. The zero-order chi connectivity index (χ0) is 17.6. The molecule has 0 saturated carbocycles. The number of hydrogen-bond donors (Lipinski definition) is 0. The van der Waals surface area contributed by atoms with E-state index in [9.17, 15) is 4.79 Å². The summed E-state index contributed by atoms with van der Waals surface area (Å²) in [4.78, 5) is 17.2. The lowest BCUT2D eigenvalue weighted by Gasteiger charge is -2.31. The van der Waals surface area contributed by atoms with Crippen LogP contribution in [0.15, 0.2) is 18.2 Å². The summed E-state index contributed by atoms with van der Waals surface area (Å²) in [5.74, 6) is 0.105. The number of likely N-dealkylation sites (N-methyl/N-ethyl adjacent to an activating group) is 1. The molecule has 1 amide bonds. The number of aryl methyl sites for hydroxylation is 1.